The molecule has 0 amide bonds. The van der Waals surface area contributed by atoms with Gasteiger partial charge in [0.05, 0.1) is 22.2 Å². The van der Waals surface area contributed by atoms with Gasteiger partial charge in [-0.25, -0.2) is 0 Å². The van der Waals surface area contributed by atoms with Gasteiger partial charge < -0.3 is 9.13 Å². The van der Waals surface area contributed by atoms with Crippen LogP contribution in [0.15, 0.2) is 145 Å². The molecule has 0 N–H and O–H groups in total. The first kappa shape index (κ1) is 40.1. The molecule has 2 heterocycles. The molecule has 6 heteroatoms. The van der Waals surface area contributed by atoms with Crippen LogP contribution in [0.2, 0.25) is 0 Å². The van der Waals surface area contributed by atoms with Gasteiger partial charge in [0.25, 0.3) is 0 Å². The summed E-state index contributed by atoms with van der Waals surface area (Å²) in [6, 6.07) is 44.2. The molecular weight excluding hydrogens is 801 g/mol. The maximum Gasteiger partial charge on any atom is 0.197 e. The van der Waals surface area contributed by atoms with Crippen molar-refractivity contribution >= 4 is 78.9 Å². The lowest BCUT2D eigenvalue weighted by molar-refractivity contribution is 0.0975. The van der Waals surface area contributed by atoms with Crippen LogP contribution in [-0.2, 0) is 13.6 Å². The lowest BCUT2D eigenvalue weighted by Crippen LogP contribution is -2.01. The van der Waals surface area contributed by atoms with Crippen LogP contribution in [0, 0.1) is 13.8 Å². The number of hydrogen-bond acceptors (Lipinski definition) is 4. The largest absolute Gasteiger partial charge is 0.343 e. The third kappa shape index (κ3) is 6.30. The molecule has 65 heavy (non-hydrogen) atoms. The second-order valence-corrected chi connectivity index (χ2v) is 17.8. The van der Waals surface area contributed by atoms with Crippen molar-refractivity contribution in [2.75, 3.05) is 0 Å². The summed E-state index contributed by atoms with van der Waals surface area (Å²) in [4.78, 5) is 54.7. The Morgan fingerprint density at radius 1 is 0.477 bits per heavy atom. The van der Waals surface area contributed by atoms with Crippen molar-refractivity contribution in [3.63, 3.8) is 0 Å². The molecule has 2 aliphatic carbocycles. The van der Waals surface area contributed by atoms with Gasteiger partial charge in [0.2, 0.25) is 0 Å². The Balaban J connectivity index is 1.26. The fourth-order valence-corrected chi connectivity index (χ4v) is 10.4. The van der Waals surface area contributed by atoms with Crippen molar-refractivity contribution in [3.05, 3.63) is 189 Å². The predicted octanol–water partition coefficient (Wildman–Crippen LogP) is 13.9. The highest BCUT2D eigenvalue weighted by Gasteiger charge is 2.34. The second-order valence-electron chi connectivity index (χ2n) is 17.8. The predicted molar refractivity (Wildman–Crippen MR) is 264 cm³/mol. The number of rotatable bonds is 9. The minimum atomic E-state index is -0.249. The van der Waals surface area contributed by atoms with Gasteiger partial charge in [-0.15, -0.1) is 0 Å². The molecule has 11 rings (SSSR count). The van der Waals surface area contributed by atoms with Gasteiger partial charge in [0.1, 0.15) is 0 Å². The van der Waals surface area contributed by atoms with Crippen LogP contribution in [0.25, 0.3) is 78.0 Å². The number of nitrogens with zero attached hydrogens (tertiary/aromatic N) is 2. The highest BCUT2D eigenvalue weighted by molar-refractivity contribution is 6.42. The third-order valence-corrected chi connectivity index (χ3v) is 13.6. The number of carbonyl (C=O) groups is 4. The van der Waals surface area contributed by atoms with Gasteiger partial charge in [0, 0.05) is 79.6 Å². The Morgan fingerprint density at radius 2 is 0.908 bits per heavy atom. The van der Waals surface area contributed by atoms with Crippen LogP contribution in [0.4, 0.5) is 0 Å². The standard InChI is InChI=1S/C59H46N2O4/c1-5-6-7-12-29-61-49-28-22-37(33-47-58(64)42-15-10-11-16-43(42)59(47)65)31-45(49)53-50(38-23-17-34(2)18-24-38)54-52(51(55(53)61)39-25-19-35(3)20-26-39)44-30-36(21-27-48(44)60(54)4)32-46-56(62)40-13-8-9-14-41(40)57(46)63/h8-11,13-28,30-33H,5-7,12,29H2,1-4H3. The lowest BCUT2D eigenvalue weighted by atomic mass is 9.89. The zero-order chi connectivity index (χ0) is 44.7. The smallest absolute Gasteiger partial charge is 0.197 e. The monoisotopic (exact) mass is 846 g/mol. The zero-order valence-corrected chi connectivity index (χ0v) is 36.9. The van der Waals surface area contributed by atoms with Gasteiger partial charge in [-0.3, -0.25) is 19.2 Å². The normalized spacial score (nSPS) is 13.6. The van der Waals surface area contributed by atoms with E-state index in [1.165, 1.54) is 0 Å². The van der Waals surface area contributed by atoms with Crippen LogP contribution >= 0.6 is 0 Å². The molecule has 7 aromatic carbocycles. The van der Waals surface area contributed by atoms with Crippen molar-refractivity contribution in [2.45, 2.75) is 53.0 Å². The van der Waals surface area contributed by atoms with Crippen LogP contribution in [-0.4, -0.2) is 32.3 Å². The highest BCUT2D eigenvalue weighted by Crippen LogP contribution is 2.51. The van der Waals surface area contributed by atoms with Crippen LogP contribution < -0.4 is 0 Å². The quantitative estimate of drug-likeness (QED) is 0.0823. The lowest BCUT2D eigenvalue weighted by Gasteiger charge is -2.17. The number of aryl methyl sites for hydroxylation is 4. The molecule has 0 saturated heterocycles. The minimum absolute atomic E-state index is 0.176. The first-order valence-corrected chi connectivity index (χ1v) is 22.6. The van der Waals surface area contributed by atoms with Gasteiger partial charge in [-0.1, -0.05) is 147 Å². The molecule has 0 unspecified atom stereocenters. The summed E-state index contributed by atoms with van der Waals surface area (Å²) >= 11 is 0. The molecule has 316 valence electrons. The number of hydrogen-bond donors (Lipinski definition) is 0. The number of Topliss-reactive ketones (excluding diaryl/α,β-unsaturated/α-hetero) is 4. The minimum Gasteiger partial charge on any atom is -0.343 e. The molecule has 6 nitrogen and oxygen atoms in total. The summed E-state index contributed by atoms with van der Waals surface area (Å²) in [5.74, 6) is -0.990. The first-order chi connectivity index (χ1) is 31.6. The van der Waals surface area contributed by atoms with E-state index in [-0.39, 0.29) is 34.3 Å². The number of carbonyl (C=O) groups excluding carboxylic acids is 4. The summed E-state index contributed by atoms with van der Waals surface area (Å²) in [5, 5.41) is 4.24. The number of allylic oxidation sites excluding steroid dienone is 2. The number of fused-ring (bicyclic) bond motifs is 8. The molecule has 0 saturated carbocycles. The average Bonchev–Trinajstić information content (AvgIpc) is 3.96. The Bertz CT molecular complexity index is 3540. The second kappa shape index (κ2) is 15.5. The SMILES string of the molecule is CCCCCCn1c2ccc(C=C3C(=O)c4ccccc4C3=O)cc2c2c(-c3ccc(C)cc3)c3c(c(-c4ccc(C)cc4)c21)c1cc(C=C2C(=O)c4ccccc4C2=O)ccc1n3C. The van der Waals surface area contributed by atoms with E-state index in [4.69, 9.17) is 0 Å². The third-order valence-electron chi connectivity index (χ3n) is 13.6. The van der Waals surface area contributed by atoms with Crippen LogP contribution in [0.1, 0.15) is 96.3 Å². The van der Waals surface area contributed by atoms with E-state index in [1.54, 1.807) is 60.7 Å². The topological polar surface area (TPSA) is 78.1 Å². The maximum absolute atomic E-state index is 13.7. The number of benzene rings is 7. The Hall–Kier alpha value is -7.70. The molecule has 0 atom stereocenters. The van der Waals surface area contributed by atoms with Gasteiger partial charge >= 0.3 is 0 Å². The van der Waals surface area contributed by atoms with E-state index in [1.807, 2.05) is 12.1 Å². The molecule has 2 aliphatic rings. The number of unbranched alkanes of at least 4 members (excludes halogenated alkanes) is 3. The Morgan fingerprint density at radius 3 is 1.38 bits per heavy atom. The summed E-state index contributed by atoms with van der Waals surface area (Å²) in [5.41, 5.74) is 14.6. The molecule has 0 radical (unpaired) electrons. The van der Waals surface area contributed by atoms with Crippen molar-refractivity contribution in [1.82, 2.24) is 9.13 Å². The van der Waals surface area contributed by atoms with Gasteiger partial charge in [0.15, 0.2) is 23.1 Å². The molecule has 0 spiro atoms. The van der Waals surface area contributed by atoms with E-state index in [0.29, 0.717) is 22.3 Å². The van der Waals surface area contributed by atoms with E-state index < -0.39 is 0 Å². The molecule has 0 fully saturated rings. The van der Waals surface area contributed by atoms with Crippen LogP contribution in [0.5, 0.6) is 0 Å². The van der Waals surface area contributed by atoms with E-state index in [0.717, 1.165) is 120 Å². The molecule has 0 bridgehead atoms. The number of aromatic nitrogens is 2. The van der Waals surface area contributed by atoms with Gasteiger partial charge in [-0.05, 0) is 78.9 Å². The van der Waals surface area contributed by atoms with Crippen LogP contribution in [0.3, 0.4) is 0 Å². The Labute approximate surface area is 377 Å². The fraction of sp³-hybridized carbons (Fsp3) is 0.153. The summed E-state index contributed by atoms with van der Waals surface area (Å²) in [7, 11) is 2.13. The van der Waals surface area contributed by atoms with Crippen molar-refractivity contribution in [3.8, 4) is 22.3 Å². The molecule has 2 aromatic heterocycles. The average molecular weight is 847 g/mol. The summed E-state index contributed by atoms with van der Waals surface area (Å²) in [6.07, 6.45) is 7.87. The fourth-order valence-electron chi connectivity index (χ4n) is 10.4. The molecular formula is C59H46N2O4. The van der Waals surface area contributed by atoms with E-state index in [2.05, 4.69) is 110 Å². The van der Waals surface area contributed by atoms with Crippen molar-refractivity contribution < 1.29 is 19.2 Å². The van der Waals surface area contributed by atoms with E-state index in [9.17, 15) is 19.2 Å². The maximum atomic E-state index is 13.7. The van der Waals surface area contributed by atoms with Crippen molar-refractivity contribution in [2.24, 2.45) is 7.05 Å². The molecule has 9 aromatic rings. The molecule has 0 aliphatic heterocycles. The Kier molecular flexibility index (Phi) is 9.58. The first-order valence-electron chi connectivity index (χ1n) is 22.6. The zero-order valence-electron chi connectivity index (χ0n) is 36.9. The highest BCUT2D eigenvalue weighted by atomic mass is 16.2. The summed E-state index contributed by atoms with van der Waals surface area (Å²) < 4.78 is 4.79. The van der Waals surface area contributed by atoms with Crippen molar-refractivity contribution in [1.29, 1.82) is 0 Å². The number of ketones is 4. The summed E-state index contributed by atoms with van der Waals surface area (Å²) in [6.45, 7) is 7.23. The van der Waals surface area contributed by atoms with E-state index >= 15 is 0 Å². The van der Waals surface area contributed by atoms with Gasteiger partial charge in [-0.2, -0.15) is 0 Å².